The van der Waals surface area contributed by atoms with Crippen molar-refractivity contribution in [1.29, 1.82) is 0 Å². The minimum atomic E-state index is -4.75. The minimum absolute atomic E-state index is 0.187. The number of halogens is 3. The van der Waals surface area contributed by atoms with Gasteiger partial charge in [-0.3, -0.25) is 9.69 Å². The van der Waals surface area contributed by atoms with Crippen molar-refractivity contribution < 1.29 is 22.7 Å². The van der Waals surface area contributed by atoms with Crippen molar-refractivity contribution in [1.82, 2.24) is 9.80 Å². The van der Waals surface area contributed by atoms with E-state index in [0.717, 1.165) is 17.8 Å². The van der Waals surface area contributed by atoms with Gasteiger partial charge < -0.3 is 20.3 Å². The first kappa shape index (κ1) is 22.8. The summed E-state index contributed by atoms with van der Waals surface area (Å²) >= 11 is 5.48. The highest BCUT2D eigenvalue weighted by Crippen LogP contribution is 2.24. The molecular formula is C21H23F3N4O2S. The van der Waals surface area contributed by atoms with Gasteiger partial charge in [0.1, 0.15) is 5.75 Å². The largest absolute Gasteiger partial charge is 0.573 e. The number of rotatable bonds is 5. The van der Waals surface area contributed by atoms with Crippen LogP contribution in [-0.4, -0.2) is 59.9 Å². The summed E-state index contributed by atoms with van der Waals surface area (Å²) < 4.78 is 40.4. The van der Waals surface area contributed by atoms with Crippen LogP contribution in [0.4, 0.5) is 24.5 Å². The summed E-state index contributed by atoms with van der Waals surface area (Å²) in [5.41, 5.74) is 2.51. The number of ether oxygens (including phenoxy) is 1. The SMILES string of the molecule is Cc1ccc(NC(=S)N2CCN(CC(=O)Nc3ccc(OC(F)(F)F)cc3)CC2)cc1. The zero-order valence-electron chi connectivity index (χ0n) is 16.9. The van der Waals surface area contributed by atoms with Crippen molar-refractivity contribution in [3.05, 3.63) is 54.1 Å². The molecule has 0 unspecified atom stereocenters. The van der Waals surface area contributed by atoms with E-state index in [9.17, 15) is 18.0 Å². The number of hydrogen-bond donors (Lipinski definition) is 2. The van der Waals surface area contributed by atoms with Gasteiger partial charge in [-0.2, -0.15) is 0 Å². The van der Waals surface area contributed by atoms with Crippen LogP contribution in [0, 0.1) is 6.92 Å². The number of piperazine rings is 1. The third kappa shape index (κ3) is 7.41. The van der Waals surface area contributed by atoms with E-state index in [2.05, 4.69) is 20.3 Å². The maximum atomic E-state index is 12.3. The molecule has 1 amide bonds. The Balaban J connectivity index is 1.41. The molecule has 1 fully saturated rings. The zero-order chi connectivity index (χ0) is 22.4. The first-order chi connectivity index (χ1) is 14.7. The summed E-state index contributed by atoms with van der Waals surface area (Å²) in [4.78, 5) is 16.3. The van der Waals surface area contributed by atoms with Crippen LogP contribution in [0.15, 0.2) is 48.5 Å². The Labute approximate surface area is 184 Å². The molecule has 1 saturated heterocycles. The maximum absolute atomic E-state index is 12.3. The second-order valence-corrected chi connectivity index (χ2v) is 7.57. The van der Waals surface area contributed by atoms with Crippen LogP contribution < -0.4 is 15.4 Å². The smallest absolute Gasteiger partial charge is 0.406 e. The van der Waals surface area contributed by atoms with Crippen molar-refractivity contribution >= 4 is 34.6 Å². The molecule has 0 aliphatic carbocycles. The molecule has 1 aliphatic heterocycles. The molecule has 0 spiro atoms. The van der Waals surface area contributed by atoms with Crippen molar-refractivity contribution in [2.24, 2.45) is 0 Å². The quantitative estimate of drug-likeness (QED) is 0.673. The van der Waals surface area contributed by atoms with Crippen LogP contribution in [0.3, 0.4) is 0 Å². The topological polar surface area (TPSA) is 56.8 Å². The van der Waals surface area contributed by atoms with Gasteiger partial charge >= 0.3 is 6.36 Å². The second kappa shape index (κ2) is 9.97. The number of nitrogens with zero attached hydrogens (tertiary/aromatic N) is 2. The lowest BCUT2D eigenvalue weighted by Gasteiger charge is -2.35. The van der Waals surface area contributed by atoms with Crippen LogP contribution >= 0.6 is 12.2 Å². The predicted molar refractivity (Wildman–Crippen MR) is 117 cm³/mol. The van der Waals surface area contributed by atoms with E-state index in [4.69, 9.17) is 12.2 Å². The van der Waals surface area contributed by atoms with Gasteiger partial charge in [-0.1, -0.05) is 17.7 Å². The Morgan fingerprint density at radius 1 is 0.968 bits per heavy atom. The number of hydrogen-bond acceptors (Lipinski definition) is 4. The van der Waals surface area contributed by atoms with Crippen molar-refractivity contribution in [3.8, 4) is 5.75 Å². The van der Waals surface area contributed by atoms with E-state index in [1.165, 1.54) is 17.7 Å². The fourth-order valence-electron chi connectivity index (χ4n) is 3.09. The van der Waals surface area contributed by atoms with E-state index < -0.39 is 6.36 Å². The van der Waals surface area contributed by atoms with E-state index in [1.807, 2.05) is 36.1 Å². The summed E-state index contributed by atoms with van der Waals surface area (Å²) in [6.07, 6.45) is -4.75. The second-order valence-electron chi connectivity index (χ2n) is 7.18. The van der Waals surface area contributed by atoms with Crippen LogP contribution in [0.5, 0.6) is 5.75 Å². The molecule has 1 aliphatic rings. The first-order valence-corrected chi connectivity index (χ1v) is 10.1. The Morgan fingerprint density at radius 3 is 2.10 bits per heavy atom. The van der Waals surface area contributed by atoms with Crippen molar-refractivity contribution in [2.45, 2.75) is 13.3 Å². The number of aryl methyl sites for hydroxylation is 1. The summed E-state index contributed by atoms with van der Waals surface area (Å²) in [6, 6.07) is 13.0. The molecule has 31 heavy (non-hydrogen) atoms. The molecule has 6 nitrogen and oxygen atoms in total. The van der Waals surface area contributed by atoms with Crippen molar-refractivity contribution in [2.75, 3.05) is 43.4 Å². The number of nitrogens with one attached hydrogen (secondary N) is 2. The highest BCUT2D eigenvalue weighted by atomic mass is 32.1. The lowest BCUT2D eigenvalue weighted by molar-refractivity contribution is -0.274. The number of anilines is 2. The fraction of sp³-hybridized carbons (Fsp3) is 0.333. The molecule has 1 heterocycles. The van der Waals surface area contributed by atoms with E-state index in [0.29, 0.717) is 37.0 Å². The van der Waals surface area contributed by atoms with Crippen LogP contribution in [0.2, 0.25) is 0 Å². The lowest BCUT2D eigenvalue weighted by atomic mass is 10.2. The van der Waals surface area contributed by atoms with E-state index in [1.54, 1.807) is 0 Å². The molecule has 2 aromatic rings. The number of carbonyl (C=O) groups excluding carboxylic acids is 1. The van der Waals surface area contributed by atoms with Gasteiger partial charge in [0.2, 0.25) is 5.91 Å². The lowest BCUT2D eigenvalue weighted by Crippen LogP contribution is -2.51. The monoisotopic (exact) mass is 452 g/mol. The molecule has 166 valence electrons. The highest BCUT2D eigenvalue weighted by Gasteiger charge is 2.31. The van der Waals surface area contributed by atoms with Crippen LogP contribution in [-0.2, 0) is 4.79 Å². The standard InChI is InChI=1S/C21H23F3N4O2S/c1-15-2-4-17(5-3-15)26-20(31)28-12-10-27(11-13-28)14-19(29)25-16-6-8-18(9-7-16)30-21(22,23)24/h2-9H,10-14H2,1H3,(H,25,29)(H,26,31). The van der Waals surface area contributed by atoms with E-state index in [-0.39, 0.29) is 18.2 Å². The Morgan fingerprint density at radius 2 is 1.52 bits per heavy atom. The van der Waals surface area contributed by atoms with Gasteiger partial charge in [-0.05, 0) is 55.5 Å². The molecule has 0 radical (unpaired) electrons. The summed E-state index contributed by atoms with van der Waals surface area (Å²) in [5.74, 6) is -0.574. The van der Waals surface area contributed by atoms with E-state index >= 15 is 0 Å². The molecule has 0 atom stereocenters. The summed E-state index contributed by atoms with van der Waals surface area (Å²) in [6.45, 7) is 4.92. The van der Waals surface area contributed by atoms with Gasteiger partial charge in [0.25, 0.3) is 0 Å². The zero-order valence-corrected chi connectivity index (χ0v) is 17.7. The van der Waals surface area contributed by atoms with Crippen LogP contribution in [0.1, 0.15) is 5.56 Å². The molecule has 3 rings (SSSR count). The number of benzene rings is 2. The van der Waals surface area contributed by atoms with Gasteiger partial charge in [0, 0.05) is 37.6 Å². The molecule has 2 N–H and O–H groups in total. The summed E-state index contributed by atoms with van der Waals surface area (Å²) in [7, 11) is 0. The highest BCUT2D eigenvalue weighted by molar-refractivity contribution is 7.80. The minimum Gasteiger partial charge on any atom is -0.406 e. The molecular weight excluding hydrogens is 429 g/mol. The predicted octanol–water partition coefficient (Wildman–Crippen LogP) is 3.85. The Hall–Kier alpha value is -2.85. The normalized spacial score (nSPS) is 14.8. The number of amides is 1. The molecule has 0 saturated carbocycles. The molecule has 0 bridgehead atoms. The van der Waals surface area contributed by atoms with Gasteiger partial charge in [0.15, 0.2) is 5.11 Å². The van der Waals surface area contributed by atoms with Crippen molar-refractivity contribution in [3.63, 3.8) is 0 Å². The molecule has 0 aromatic heterocycles. The number of alkyl halides is 3. The van der Waals surface area contributed by atoms with Crippen LogP contribution in [0.25, 0.3) is 0 Å². The number of carbonyl (C=O) groups is 1. The molecule has 10 heteroatoms. The molecule has 2 aromatic carbocycles. The average Bonchev–Trinajstić information content (AvgIpc) is 2.70. The third-order valence-corrected chi connectivity index (χ3v) is 5.06. The Bertz CT molecular complexity index is 896. The maximum Gasteiger partial charge on any atom is 0.573 e. The third-order valence-electron chi connectivity index (χ3n) is 4.70. The van der Waals surface area contributed by atoms with Gasteiger partial charge in [0.05, 0.1) is 6.54 Å². The average molecular weight is 453 g/mol. The van der Waals surface area contributed by atoms with Gasteiger partial charge in [-0.15, -0.1) is 13.2 Å². The fourth-order valence-corrected chi connectivity index (χ4v) is 3.39. The summed E-state index contributed by atoms with van der Waals surface area (Å²) in [5, 5.41) is 6.55. The first-order valence-electron chi connectivity index (χ1n) is 9.68. The number of thiocarbonyl (C=S) groups is 1. The Kier molecular flexibility index (Phi) is 7.34. The van der Waals surface area contributed by atoms with Gasteiger partial charge in [-0.25, -0.2) is 0 Å².